The average Bonchev–Trinajstić information content (AvgIpc) is 2.21. The Morgan fingerprint density at radius 3 is 2.81 bits per heavy atom. The van der Waals surface area contributed by atoms with E-state index in [1.807, 2.05) is 0 Å². The average molecular weight is 231 g/mol. The van der Waals surface area contributed by atoms with Crippen LogP contribution >= 0.6 is 0 Å². The summed E-state index contributed by atoms with van der Waals surface area (Å²) < 4.78 is 34.8. The van der Waals surface area contributed by atoms with E-state index in [0.717, 1.165) is 0 Å². The monoisotopic (exact) mass is 231 g/mol. The van der Waals surface area contributed by atoms with E-state index in [0.29, 0.717) is 0 Å². The Labute approximate surface area is 91.2 Å². The summed E-state index contributed by atoms with van der Waals surface area (Å²) in [5.41, 5.74) is 0.270. The summed E-state index contributed by atoms with van der Waals surface area (Å²) in [6, 6.07) is 2.74. The van der Waals surface area contributed by atoms with Crippen molar-refractivity contribution in [3.05, 3.63) is 24.0 Å². The quantitative estimate of drug-likeness (QED) is 0.743. The fourth-order valence-electron chi connectivity index (χ4n) is 0.972. The standard InChI is InChI=1S/C10H11F2NO3/c1-3-15-9(14)10(11,12)16-8-5-4-6-13-7(8)2/h4-6H,3H2,1-2H3. The second-order valence-electron chi connectivity index (χ2n) is 2.93. The highest BCUT2D eigenvalue weighted by molar-refractivity contribution is 5.76. The van der Waals surface area contributed by atoms with Crippen molar-refractivity contribution in [2.45, 2.75) is 20.0 Å². The highest BCUT2D eigenvalue weighted by Gasteiger charge is 2.44. The molecule has 0 saturated carbocycles. The van der Waals surface area contributed by atoms with E-state index in [2.05, 4.69) is 14.5 Å². The van der Waals surface area contributed by atoms with Gasteiger partial charge in [0.2, 0.25) is 0 Å². The van der Waals surface area contributed by atoms with E-state index in [1.165, 1.54) is 32.2 Å². The van der Waals surface area contributed by atoms with E-state index in [-0.39, 0.29) is 18.1 Å². The van der Waals surface area contributed by atoms with Crippen LogP contribution < -0.4 is 4.74 Å². The summed E-state index contributed by atoms with van der Waals surface area (Å²) >= 11 is 0. The van der Waals surface area contributed by atoms with Gasteiger partial charge in [-0.05, 0) is 26.0 Å². The van der Waals surface area contributed by atoms with Crippen molar-refractivity contribution < 1.29 is 23.0 Å². The van der Waals surface area contributed by atoms with Crippen LogP contribution in [0.1, 0.15) is 12.6 Å². The molecule has 1 rings (SSSR count). The number of hydrogen-bond donors (Lipinski definition) is 0. The Morgan fingerprint density at radius 2 is 2.25 bits per heavy atom. The van der Waals surface area contributed by atoms with Crippen molar-refractivity contribution >= 4 is 5.97 Å². The van der Waals surface area contributed by atoms with Gasteiger partial charge in [-0.15, -0.1) is 0 Å². The smallest absolute Gasteiger partial charge is 0.459 e. The minimum absolute atomic E-state index is 0.135. The molecule has 0 amide bonds. The van der Waals surface area contributed by atoms with Gasteiger partial charge in [0.25, 0.3) is 0 Å². The molecule has 0 bridgehead atoms. The van der Waals surface area contributed by atoms with Gasteiger partial charge in [0.05, 0.1) is 12.3 Å². The van der Waals surface area contributed by atoms with E-state index in [4.69, 9.17) is 0 Å². The number of aryl methyl sites for hydroxylation is 1. The molecule has 0 aliphatic heterocycles. The second-order valence-corrected chi connectivity index (χ2v) is 2.93. The SMILES string of the molecule is CCOC(=O)C(F)(F)Oc1cccnc1C. The molecule has 1 aromatic rings. The third-order valence-electron chi connectivity index (χ3n) is 1.71. The third kappa shape index (κ3) is 2.88. The molecule has 16 heavy (non-hydrogen) atoms. The molecule has 1 heterocycles. The molecule has 4 nitrogen and oxygen atoms in total. The molecule has 6 heteroatoms. The first kappa shape index (κ1) is 12.4. The summed E-state index contributed by atoms with van der Waals surface area (Å²) in [6.45, 7) is 2.80. The Hall–Kier alpha value is -1.72. The minimum atomic E-state index is -4.00. The van der Waals surface area contributed by atoms with Gasteiger partial charge >= 0.3 is 12.1 Å². The third-order valence-corrected chi connectivity index (χ3v) is 1.71. The minimum Gasteiger partial charge on any atom is -0.459 e. The number of carbonyl (C=O) groups excluding carboxylic acids is 1. The maximum absolute atomic E-state index is 13.1. The molecule has 0 aromatic carbocycles. The first-order valence-electron chi connectivity index (χ1n) is 4.63. The summed E-state index contributed by atoms with van der Waals surface area (Å²) in [6.07, 6.45) is -2.56. The number of pyridine rings is 1. The fraction of sp³-hybridized carbons (Fsp3) is 0.400. The summed E-state index contributed by atoms with van der Waals surface area (Å²) in [5, 5.41) is 0. The van der Waals surface area contributed by atoms with Gasteiger partial charge in [-0.2, -0.15) is 8.78 Å². The van der Waals surface area contributed by atoms with Crippen molar-refractivity contribution in [3.63, 3.8) is 0 Å². The zero-order valence-electron chi connectivity index (χ0n) is 8.87. The topological polar surface area (TPSA) is 48.4 Å². The number of nitrogens with zero attached hydrogens (tertiary/aromatic N) is 1. The number of alkyl halides is 2. The molecule has 0 aliphatic carbocycles. The number of rotatable bonds is 4. The van der Waals surface area contributed by atoms with Crippen molar-refractivity contribution in [1.82, 2.24) is 4.98 Å². The summed E-state index contributed by atoms with van der Waals surface area (Å²) in [7, 11) is 0. The number of ether oxygens (including phenoxy) is 2. The Bertz CT molecular complexity index is 382. The number of carbonyl (C=O) groups is 1. The zero-order valence-corrected chi connectivity index (χ0v) is 8.87. The predicted molar refractivity (Wildman–Crippen MR) is 51.2 cm³/mol. The van der Waals surface area contributed by atoms with E-state index < -0.39 is 12.1 Å². The molecule has 0 fully saturated rings. The Morgan fingerprint density at radius 1 is 1.56 bits per heavy atom. The predicted octanol–water partition coefficient (Wildman–Crippen LogP) is 1.92. The summed E-state index contributed by atoms with van der Waals surface area (Å²) in [5.74, 6) is -1.86. The molecule has 0 unspecified atom stereocenters. The van der Waals surface area contributed by atoms with Crippen molar-refractivity contribution in [1.29, 1.82) is 0 Å². The number of aromatic nitrogens is 1. The molecule has 0 radical (unpaired) electrons. The lowest BCUT2D eigenvalue weighted by molar-refractivity contribution is -0.216. The van der Waals surface area contributed by atoms with Gasteiger partial charge in [-0.1, -0.05) is 0 Å². The molecule has 0 N–H and O–H groups in total. The lowest BCUT2D eigenvalue weighted by Crippen LogP contribution is -2.37. The van der Waals surface area contributed by atoms with Gasteiger partial charge in [0.15, 0.2) is 0 Å². The lowest BCUT2D eigenvalue weighted by atomic mass is 10.3. The highest BCUT2D eigenvalue weighted by atomic mass is 19.3. The first-order valence-corrected chi connectivity index (χ1v) is 4.63. The van der Waals surface area contributed by atoms with Crippen LogP contribution in [0.5, 0.6) is 5.75 Å². The number of halogens is 2. The maximum atomic E-state index is 13.1. The fourth-order valence-corrected chi connectivity index (χ4v) is 0.972. The second kappa shape index (κ2) is 4.87. The molecule has 0 aliphatic rings. The van der Waals surface area contributed by atoms with Crippen LogP contribution in [-0.4, -0.2) is 23.7 Å². The number of esters is 1. The largest absolute Gasteiger partial charge is 0.502 e. The summed E-state index contributed by atoms with van der Waals surface area (Å²) in [4.78, 5) is 14.6. The van der Waals surface area contributed by atoms with Gasteiger partial charge < -0.3 is 9.47 Å². The van der Waals surface area contributed by atoms with Crippen LogP contribution in [-0.2, 0) is 9.53 Å². The first-order chi connectivity index (χ1) is 7.47. The molecule has 88 valence electrons. The van der Waals surface area contributed by atoms with Crippen LogP contribution in [0, 0.1) is 6.92 Å². The van der Waals surface area contributed by atoms with Crippen LogP contribution in [0.15, 0.2) is 18.3 Å². The van der Waals surface area contributed by atoms with Gasteiger partial charge in [-0.3, -0.25) is 4.98 Å². The van der Waals surface area contributed by atoms with E-state index in [9.17, 15) is 13.6 Å². The van der Waals surface area contributed by atoms with Crippen molar-refractivity contribution in [2.24, 2.45) is 0 Å². The molecular weight excluding hydrogens is 220 g/mol. The number of hydrogen-bond acceptors (Lipinski definition) is 4. The maximum Gasteiger partial charge on any atom is 0.502 e. The van der Waals surface area contributed by atoms with Crippen LogP contribution in [0.3, 0.4) is 0 Å². The van der Waals surface area contributed by atoms with Gasteiger partial charge in [0.1, 0.15) is 5.75 Å². The van der Waals surface area contributed by atoms with Crippen LogP contribution in [0.4, 0.5) is 8.78 Å². The lowest BCUT2D eigenvalue weighted by Gasteiger charge is -2.16. The van der Waals surface area contributed by atoms with Gasteiger partial charge in [0, 0.05) is 6.20 Å². The normalized spacial score (nSPS) is 11.0. The van der Waals surface area contributed by atoms with Crippen LogP contribution in [0.2, 0.25) is 0 Å². The van der Waals surface area contributed by atoms with Gasteiger partial charge in [-0.25, -0.2) is 4.79 Å². The van der Waals surface area contributed by atoms with E-state index >= 15 is 0 Å². The molecule has 1 aromatic heterocycles. The zero-order chi connectivity index (χ0) is 12.2. The molecule has 0 spiro atoms. The van der Waals surface area contributed by atoms with Crippen molar-refractivity contribution in [3.8, 4) is 5.75 Å². The molecule has 0 saturated heterocycles. The molecular formula is C10H11F2NO3. The van der Waals surface area contributed by atoms with E-state index in [1.54, 1.807) is 0 Å². The molecule has 0 atom stereocenters. The van der Waals surface area contributed by atoms with Crippen molar-refractivity contribution in [2.75, 3.05) is 6.61 Å². The Kier molecular flexibility index (Phi) is 3.76. The van der Waals surface area contributed by atoms with Crippen LogP contribution in [0.25, 0.3) is 0 Å². The highest BCUT2D eigenvalue weighted by Crippen LogP contribution is 2.24. The Balaban J connectivity index is 2.80.